The summed E-state index contributed by atoms with van der Waals surface area (Å²) in [5.74, 6) is 0.969. The highest BCUT2D eigenvalue weighted by molar-refractivity contribution is 7.12. The predicted octanol–water partition coefficient (Wildman–Crippen LogP) is 5.84. The smallest absolute Gasteiger partial charge is 0.264 e. The van der Waals surface area contributed by atoms with Crippen molar-refractivity contribution in [3.05, 3.63) is 67.8 Å². The van der Waals surface area contributed by atoms with Gasteiger partial charge < -0.3 is 9.64 Å². The Hall–Kier alpha value is -2.18. The number of carbonyl (C=O) groups is 1. The van der Waals surface area contributed by atoms with Crippen LogP contribution in [0.15, 0.2) is 41.1 Å². The molecule has 0 spiro atoms. The second-order valence-corrected chi connectivity index (χ2v) is 8.78. The molecule has 0 bridgehead atoms. The maximum Gasteiger partial charge on any atom is 0.264 e. The van der Waals surface area contributed by atoms with Gasteiger partial charge in [0, 0.05) is 11.4 Å². The first-order valence-corrected chi connectivity index (χ1v) is 11.2. The maximum absolute atomic E-state index is 12.9. The van der Waals surface area contributed by atoms with Crippen LogP contribution in [-0.2, 0) is 13.2 Å². The highest BCUT2D eigenvalue weighted by atomic mass is 32.1. The molecule has 0 saturated carbocycles. The maximum atomic E-state index is 12.9. The van der Waals surface area contributed by atoms with E-state index < -0.39 is 0 Å². The topological polar surface area (TPSA) is 42.4 Å². The van der Waals surface area contributed by atoms with E-state index >= 15 is 0 Å². The molecular formula is C22H26N2O2S2. The number of aryl methyl sites for hydroxylation is 1. The quantitative estimate of drug-likeness (QED) is 0.465. The first-order chi connectivity index (χ1) is 13.5. The lowest BCUT2D eigenvalue weighted by Crippen LogP contribution is -2.37. The molecule has 0 aliphatic carbocycles. The first-order valence-electron chi connectivity index (χ1n) is 9.46. The summed E-state index contributed by atoms with van der Waals surface area (Å²) >= 11 is 3.06. The van der Waals surface area contributed by atoms with E-state index in [9.17, 15) is 4.79 Å². The lowest BCUT2D eigenvalue weighted by Gasteiger charge is -2.27. The molecule has 0 saturated heterocycles. The fraction of sp³-hybridized carbons (Fsp3) is 0.364. The van der Waals surface area contributed by atoms with Crippen molar-refractivity contribution in [2.75, 3.05) is 0 Å². The molecular weight excluding hydrogens is 388 g/mol. The number of thiazole rings is 1. The number of rotatable bonds is 8. The number of thiophene rings is 1. The second kappa shape index (κ2) is 9.34. The SMILES string of the molecule is CC[C@@H](C)N(Cc1csc(COc2cccc(C)c2C)n1)C(=O)c1cccs1. The van der Waals surface area contributed by atoms with Crippen molar-refractivity contribution in [1.29, 1.82) is 0 Å². The van der Waals surface area contributed by atoms with Crippen molar-refractivity contribution in [2.45, 2.75) is 53.3 Å². The number of ether oxygens (including phenoxy) is 1. The molecule has 0 radical (unpaired) electrons. The summed E-state index contributed by atoms with van der Waals surface area (Å²) in [6, 6.07) is 10.0. The summed E-state index contributed by atoms with van der Waals surface area (Å²) < 4.78 is 5.97. The van der Waals surface area contributed by atoms with E-state index in [1.807, 2.05) is 39.9 Å². The van der Waals surface area contributed by atoms with Gasteiger partial charge in [-0.25, -0.2) is 4.98 Å². The van der Waals surface area contributed by atoms with Crippen molar-refractivity contribution in [3.63, 3.8) is 0 Å². The molecule has 0 unspecified atom stereocenters. The van der Waals surface area contributed by atoms with Gasteiger partial charge in [-0.3, -0.25) is 4.79 Å². The van der Waals surface area contributed by atoms with Crippen molar-refractivity contribution in [1.82, 2.24) is 9.88 Å². The molecule has 0 N–H and O–H groups in total. The Morgan fingerprint density at radius 3 is 2.75 bits per heavy atom. The molecule has 148 valence electrons. The Morgan fingerprint density at radius 2 is 2.04 bits per heavy atom. The summed E-state index contributed by atoms with van der Waals surface area (Å²) in [7, 11) is 0. The molecule has 1 amide bonds. The van der Waals surface area contributed by atoms with Gasteiger partial charge in [0.2, 0.25) is 0 Å². The number of nitrogens with zero attached hydrogens (tertiary/aromatic N) is 2. The number of amides is 1. The van der Waals surface area contributed by atoms with Gasteiger partial charge >= 0.3 is 0 Å². The van der Waals surface area contributed by atoms with Crippen LogP contribution >= 0.6 is 22.7 Å². The Bertz CT molecular complexity index is 919. The molecule has 3 aromatic rings. The minimum atomic E-state index is 0.0746. The van der Waals surface area contributed by atoms with Crippen molar-refractivity contribution < 1.29 is 9.53 Å². The molecule has 4 nitrogen and oxygen atoms in total. The van der Waals surface area contributed by atoms with Gasteiger partial charge in [-0.1, -0.05) is 25.1 Å². The van der Waals surface area contributed by atoms with Crippen LogP contribution in [0.4, 0.5) is 0 Å². The number of hydrogen-bond acceptors (Lipinski definition) is 5. The Kier molecular flexibility index (Phi) is 6.86. The van der Waals surface area contributed by atoms with Gasteiger partial charge in [0.05, 0.1) is 17.1 Å². The van der Waals surface area contributed by atoms with E-state index in [2.05, 4.69) is 33.8 Å². The normalized spacial score (nSPS) is 12.0. The van der Waals surface area contributed by atoms with Crippen molar-refractivity contribution in [3.8, 4) is 5.75 Å². The van der Waals surface area contributed by atoms with Crippen LogP contribution in [0, 0.1) is 13.8 Å². The number of aromatic nitrogens is 1. The van der Waals surface area contributed by atoms with Crippen LogP contribution in [0.5, 0.6) is 5.75 Å². The highest BCUT2D eigenvalue weighted by Gasteiger charge is 2.22. The van der Waals surface area contributed by atoms with Gasteiger partial charge in [-0.05, 0) is 55.8 Å². The van der Waals surface area contributed by atoms with Gasteiger partial charge in [-0.15, -0.1) is 22.7 Å². The third-order valence-electron chi connectivity index (χ3n) is 4.95. The fourth-order valence-electron chi connectivity index (χ4n) is 2.87. The van der Waals surface area contributed by atoms with Crippen LogP contribution in [0.25, 0.3) is 0 Å². The zero-order chi connectivity index (χ0) is 20.1. The van der Waals surface area contributed by atoms with Crippen LogP contribution < -0.4 is 4.74 Å². The van der Waals surface area contributed by atoms with E-state index in [-0.39, 0.29) is 11.9 Å². The Balaban J connectivity index is 1.67. The molecule has 0 aliphatic rings. The summed E-state index contributed by atoms with van der Waals surface area (Å²) in [5, 5.41) is 4.88. The van der Waals surface area contributed by atoms with Gasteiger partial charge in [0.15, 0.2) is 0 Å². The molecule has 28 heavy (non-hydrogen) atoms. The summed E-state index contributed by atoms with van der Waals surface area (Å²) in [4.78, 5) is 20.3. The Morgan fingerprint density at radius 1 is 1.21 bits per heavy atom. The molecule has 2 aromatic heterocycles. The van der Waals surface area contributed by atoms with E-state index in [0.717, 1.165) is 33.3 Å². The minimum absolute atomic E-state index is 0.0746. The fourth-order valence-corrected chi connectivity index (χ4v) is 4.25. The van der Waals surface area contributed by atoms with Crippen molar-refractivity contribution >= 4 is 28.6 Å². The van der Waals surface area contributed by atoms with E-state index in [1.165, 1.54) is 16.9 Å². The molecule has 1 aromatic carbocycles. The van der Waals surface area contributed by atoms with E-state index in [1.54, 1.807) is 11.3 Å². The zero-order valence-electron chi connectivity index (χ0n) is 16.8. The average molecular weight is 415 g/mol. The van der Waals surface area contributed by atoms with Gasteiger partial charge in [0.25, 0.3) is 5.91 Å². The summed E-state index contributed by atoms with van der Waals surface area (Å²) in [6.45, 7) is 9.30. The van der Waals surface area contributed by atoms with Crippen LogP contribution in [0.1, 0.15) is 51.8 Å². The van der Waals surface area contributed by atoms with Gasteiger partial charge in [-0.2, -0.15) is 0 Å². The van der Waals surface area contributed by atoms with E-state index in [0.29, 0.717) is 13.2 Å². The number of carbonyl (C=O) groups excluding carboxylic acids is 1. The lowest BCUT2D eigenvalue weighted by atomic mass is 10.1. The highest BCUT2D eigenvalue weighted by Crippen LogP contribution is 2.23. The predicted molar refractivity (Wildman–Crippen MR) is 116 cm³/mol. The third kappa shape index (κ3) is 4.80. The molecule has 0 fully saturated rings. The second-order valence-electron chi connectivity index (χ2n) is 6.89. The Labute approximate surface area is 174 Å². The molecule has 3 rings (SSSR count). The third-order valence-corrected chi connectivity index (χ3v) is 6.68. The average Bonchev–Trinajstić information content (AvgIpc) is 3.38. The standard InChI is InChI=1S/C22H26N2O2S2/c1-5-16(3)24(22(25)20-10-7-11-27-20)12-18-14-28-21(23-18)13-26-19-9-6-8-15(2)17(19)4/h6-11,14,16H,5,12-13H2,1-4H3/t16-/m1/s1. The van der Waals surface area contributed by atoms with Crippen LogP contribution in [0.2, 0.25) is 0 Å². The molecule has 0 aliphatic heterocycles. The number of benzene rings is 1. The largest absolute Gasteiger partial charge is 0.486 e. The molecule has 1 atom stereocenters. The zero-order valence-corrected chi connectivity index (χ0v) is 18.4. The molecule has 6 heteroatoms. The minimum Gasteiger partial charge on any atom is -0.486 e. The first kappa shape index (κ1) is 20.6. The van der Waals surface area contributed by atoms with Crippen LogP contribution in [-0.4, -0.2) is 21.8 Å². The summed E-state index contributed by atoms with van der Waals surface area (Å²) in [5.41, 5.74) is 3.28. The van der Waals surface area contributed by atoms with Gasteiger partial charge in [0.1, 0.15) is 17.4 Å². The molecule has 2 heterocycles. The lowest BCUT2D eigenvalue weighted by molar-refractivity contribution is 0.0674. The van der Waals surface area contributed by atoms with Crippen LogP contribution in [0.3, 0.4) is 0 Å². The number of hydrogen-bond donors (Lipinski definition) is 0. The monoisotopic (exact) mass is 414 g/mol. The van der Waals surface area contributed by atoms with Crippen molar-refractivity contribution in [2.24, 2.45) is 0 Å². The van der Waals surface area contributed by atoms with E-state index in [4.69, 9.17) is 9.72 Å². The summed E-state index contributed by atoms with van der Waals surface area (Å²) in [6.07, 6.45) is 0.907.